The molecule has 0 aromatic carbocycles. The Bertz CT molecular complexity index is 384. The number of nitrogens with two attached hydrogens (primary N) is 1. The summed E-state index contributed by atoms with van der Waals surface area (Å²) in [5, 5.41) is 16.5. The van der Waals surface area contributed by atoms with Crippen LogP contribution in [0.4, 0.5) is 0 Å². The smallest absolute Gasteiger partial charge is 0.271 e. The van der Waals surface area contributed by atoms with Crippen LogP contribution in [0.25, 0.3) is 0 Å². The lowest BCUT2D eigenvalue weighted by Gasteiger charge is -2.05. The first-order chi connectivity index (χ1) is 7.72. The van der Waals surface area contributed by atoms with Gasteiger partial charge in [-0.2, -0.15) is 0 Å². The van der Waals surface area contributed by atoms with Gasteiger partial charge >= 0.3 is 0 Å². The van der Waals surface area contributed by atoms with E-state index >= 15 is 0 Å². The average Bonchev–Trinajstić information content (AvgIpc) is 2.96. The van der Waals surface area contributed by atoms with Crippen LogP contribution in [-0.4, -0.2) is 32.6 Å². The number of aliphatic hydroxyl groups is 1. The Kier molecular flexibility index (Phi) is 3.19. The number of aliphatic hydroxyl groups excluding tert-OH is 1. The van der Waals surface area contributed by atoms with Gasteiger partial charge in [-0.1, -0.05) is 5.21 Å². The SMILES string of the molecule is NC(=O)c1nnn(CCCO)c1CC1CC1. The molecule has 0 saturated heterocycles. The maximum Gasteiger partial charge on any atom is 0.271 e. The number of carbonyl (C=O) groups excluding carboxylic acids is 1. The fraction of sp³-hybridized carbons (Fsp3) is 0.700. The number of nitrogens with zero attached hydrogens (tertiary/aromatic N) is 3. The number of carbonyl (C=O) groups is 1. The monoisotopic (exact) mass is 224 g/mol. The Labute approximate surface area is 93.4 Å². The van der Waals surface area contributed by atoms with Gasteiger partial charge in [-0.3, -0.25) is 4.79 Å². The number of hydrogen-bond acceptors (Lipinski definition) is 4. The van der Waals surface area contributed by atoms with Crippen molar-refractivity contribution < 1.29 is 9.90 Å². The molecular formula is C10H16N4O2. The van der Waals surface area contributed by atoms with E-state index in [0.717, 1.165) is 12.1 Å². The molecule has 16 heavy (non-hydrogen) atoms. The number of amides is 1. The van der Waals surface area contributed by atoms with Crippen molar-refractivity contribution in [3.8, 4) is 0 Å². The summed E-state index contributed by atoms with van der Waals surface area (Å²) in [4.78, 5) is 11.2. The summed E-state index contributed by atoms with van der Waals surface area (Å²) in [5.74, 6) is 0.121. The van der Waals surface area contributed by atoms with Crippen LogP contribution < -0.4 is 5.73 Å². The van der Waals surface area contributed by atoms with Gasteiger partial charge in [-0.25, -0.2) is 4.68 Å². The zero-order valence-corrected chi connectivity index (χ0v) is 9.09. The third-order valence-corrected chi connectivity index (χ3v) is 2.78. The lowest BCUT2D eigenvalue weighted by atomic mass is 10.1. The second-order valence-electron chi connectivity index (χ2n) is 4.20. The highest BCUT2D eigenvalue weighted by atomic mass is 16.3. The summed E-state index contributed by atoms with van der Waals surface area (Å²) >= 11 is 0. The highest BCUT2D eigenvalue weighted by Crippen LogP contribution is 2.33. The van der Waals surface area contributed by atoms with Crippen molar-refractivity contribution in [2.75, 3.05) is 6.61 Å². The molecule has 2 rings (SSSR count). The predicted octanol–water partition coefficient (Wildman–Crippen LogP) is -0.288. The Morgan fingerprint density at radius 2 is 2.31 bits per heavy atom. The Balaban J connectivity index is 2.17. The summed E-state index contributed by atoms with van der Waals surface area (Å²) in [6.07, 6.45) is 3.82. The number of rotatable bonds is 6. The molecule has 0 aliphatic heterocycles. The first-order valence-electron chi connectivity index (χ1n) is 5.55. The molecule has 0 radical (unpaired) electrons. The summed E-state index contributed by atoms with van der Waals surface area (Å²) in [6.45, 7) is 0.688. The minimum Gasteiger partial charge on any atom is -0.396 e. The number of hydrogen-bond donors (Lipinski definition) is 2. The van der Waals surface area contributed by atoms with Crippen LogP contribution in [-0.2, 0) is 13.0 Å². The van der Waals surface area contributed by atoms with E-state index in [0.29, 0.717) is 18.9 Å². The maximum atomic E-state index is 11.2. The van der Waals surface area contributed by atoms with E-state index in [-0.39, 0.29) is 12.3 Å². The molecule has 0 bridgehead atoms. The number of aromatic nitrogens is 3. The second-order valence-corrected chi connectivity index (χ2v) is 4.20. The van der Waals surface area contributed by atoms with Gasteiger partial charge in [0.2, 0.25) is 0 Å². The topological polar surface area (TPSA) is 94.0 Å². The summed E-state index contributed by atoms with van der Waals surface area (Å²) in [6, 6.07) is 0. The molecule has 0 atom stereocenters. The molecule has 3 N–H and O–H groups in total. The van der Waals surface area contributed by atoms with Gasteiger partial charge in [0.1, 0.15) is 0 Å². The van der Waals surface area contributed by atoms with Crippen molar-refractivity contribution in [1.29, 1.82) is 0 Å². The maximum absolute atomic E-state index is 11.2. The van der Waals surface area contributed by atoms with Crippen molar-refractivity contribution >= 4 is 5.91 Å². The molecule has 1 heterocycles. The third-order valence-electron chi connectivity index (χ3n) is 2.78. The number of primary amides is 1. The van der Waals surface area contributed by atoms with Gasteiger partial charge in [0.25, 0.3) is 5.91 Å². The highest BCUT2D eigenvalue weighted by molar-refractivity contribution is 5.91. The van der Waals surface area contributed by atoms with Crippen molar-refractivity contribution in [1.82, 2.24) is 15.0 Å². The molecule has 1 aliphatic carbocycles. The first-order valence-corrected chi connectivity index (χ1v) is 5.55. The second kappa shape index (κ2) is 4.61. The lowest BCUT2D eigenvalue weighted by Crippen LogP contribution is -2.16. The molecule has 1 aromatic heterocycles. The quantitative estimate of drug-likeness (QED) is 0.694. The molecule has 6 nitrogen and oxygen atoms in total. The van der Waals surface area contributed by atoms with E-state index < -0.39 is 5.91 Å². The summed E-state index contributed by atoms with van der Waals surface area (Å²) in [7, 11) is 0. The van der Waals surface area contributed by atoms with Gasteiger partial charge in [0, 0.05) is 13.2 Å². The molecule has 1 aromatic rings. The van der Waals surface area contributed by atoms with Gasteiger partial charge in [-0.05, 0) is 31.6 Å². The number of aryl methyl sites for hydroxylation is 1. The molecule has 1 amide bonds. The normalized spacial score (nSPS) is 15.3. The van der Waals surface area contributed by atoms with Crippen molar-refractivity contribution in [2.24, 2.45) is 11.7 Å². The summed E-state index contributed by atoms with van der Waals surface area (Å²) < 4.78 is 1.69. The Morgan fingerprint density at radius 3 is 2.88 bits per heavy atom. The molecule has 88 valence electrons. The van der Waals surface area contributed by atoms with Gasteiger partial charge in [0.15, 0.2) is 5.69 Å². The lowest BCUT2D eigenvalue weighted by molar-refractivity contribution is 0.0994. The Hall–Kier alpha value is -1.43. The average molecular weight is 224 g/mol. The summed E-state index contributed by atoms with van der Waals surface area (Å²) in [5.41, 5.74) is 6.35. The zero-order chi connectivity index (χ0) is 11.5. The van der Waals surface area contributed by atoms with Crippen LogP contribution in [0, 0.1) is 5.92 Å². The van der Waals surface area contributed by atoms with Crippen molar-refractivity contribution in [3.05, 3.63) is 11.4 Å². The fourth-order valence-electron chi connectivity index (χ4n) is 1.72. The minimum absolute atomic E-state index is 0.106. The van der Waals surface area contributed by atoms with Crippen LogP contribution in [0.15, 0.2) is 0 Å². The van der Waals surface area contributed by atoms with Gasteiger partial charge in [-0.15, -0.1) is 5.10 Å². The highest BCUT2D eigenvalue weighted by Gasteiger charge is 2.27. The molecule has 6 heteroatoms. The van der Waals surface area contributed by atoms with E-state index in [9.17, 15) is 4.79 Å². The minimum atomic E-state index is -0.522. The predicted molar refractivity (Wildman–Crippen MR) is 56.7 cm³/mol. The van der Waals surface area contributed by atoms with Crippen molar-refractivity contribution in [3.63, 3.8) is 0 Å². The van der Waals surface area contributed by atoms with Gasteiger partial charge in [0.05, 0.1) is 5.69 Å². The van der Waals surface area contributed by atoms with E-state index in [1.807, 2.05) is 0 Å². The van der Waals surface area contributed by atoms with Crippen LogP contribution in [0.5, 0.6) is 0 Å². The van der Waals surface area contributed by atoms with E-state index in [2.05, 4.69) is 10.3 Å². The van der Waals surface area contributed by atoms with Crippen LogP contribution in [0.3, 0.4) is 0 Å². The third kappa shape index (κ3) is 2.38. The molecule has 0 unspecified atom stereocenters. The molecule has 1 fully saturated rings. The fourth-order valence-corrected chi connectivity index (χ4v) is 1.72. The first kappa shape index (κ1) is 11.1. The van der Waals surface area contributed by atoms with E-state index in [1.165, 1.54) is 12.8 Å². The zero-order valence-electron chi connectivity index (χ0n) is 9.09. The Morgan fingerprint density at radius 1 is 1.56 bits per heavy atom. The molecule has 1 saturated carbocycles. The van der Waals surface area contributed by atoms with Crippen LogP contribution in [0.1, 0.15) is 35.4 Å². The van der Waals surface area contributed by atoms with Gasteiger partial charge < -0.3 is 10.8 Å². The largest absolute Gasteiger partial charge is 0.396 e. The van der Waals surface area contributed by atoms with Crippen LogP contribution in [0.2, 0.25) is 0 Å². The standard InChI is InChI=1S/C10H16N4O2/c11-10(16)9-8(6-7-2-3-7)14(13-12-9)4-1-5-15/h7,15H,1-6H2,(H2,11,16). The molecule has 1 aliphatic rings. The van der Waals surface area contributed by atoms with Crippen LogP contribution >= 0.6 is 0 Å². The van der Waals surface area contributed by atoms with Crippen molar-refractivity contribution in [2.45, 2.75) is 32.2 Å². The van der Waals surface area contributed by atoms with E-state index in [4.69, 9.17) is 10.8 Å². The molecular weight excluding hydrogens is 208 g/mol. The van der Waals surface area contributed by atoms with E-state index in [1.54, 1.807) is 4.68 Å². The molecule has 0 spiro atoms.